The van der Waals surface area contributed by atoms with E-state index in [0.717, 1.165) is 31.7 Å². The first-order valence-corrected chi connectivity index (χ1v) is 15.9. The lowest BCUT2D eigenvalue weighted by Gasteiger charge is -2.18. The second-order valence-electron chi connectivity index (χ2n) is 8.10. The molecule has 0 atom stereocenters. The summed E-state index contributed by atoms with van der Waals surface area (Å²) < 4.78 is 71.7. The number of halogens is 1. The fraction of sp³-hybridized carbons (Fsp3) is 0.381. The van der Waals surface area contributed by atoms with E-state index in [0.29, 0.717) is 36.0 Å². The molecule has 2 aromatic heterocycles. The summed E-state index contributed by atoms with van der Waals surface area (Å²) in [5.74, 6) is 0.0961. The van der Waals surface area contributed by atoms with Crippen LogP contribution in [-0.4, -0.2) is 44.0 Å². The van der Waals surface area contributed by atoms with Gasteiger partial charge in [-0.3, -0.25) is 9.11 Å². The van der Waals surface area contributed by atoms with E-state index in [-0.39, 0.29) is 17.9 Å². The van der Waals surface area contributed by atoms with Crippen LogP contribution in [0, 0.1) is 6.92 Å². The number of aromatic nitrogens is 1. The summed E-state index contributed by atoms with van der Waals surface area (Å²) in [6.45, 7) is 2.73. The van der Waals surface area contributed by atoms with Gasteiger partial charge in [-0.15, -0.1) is 0 Å². The van der Waals surface area contributed by atoms with Gasteiger partial charge in [0.15, 0.2) is 11.6 Å². The van der Waals surface area contributed by atoms with Gasteiger partial charge >= 0.3 is 0 Å². The molecule has 2 N–H and O–H groups in total. The molecule has 1 aliphatic heterocycles. The maximum absolute atomic E-state index is 11.2. The highest BCUT2D eigenvalue weighted by Gasteiger charge is 2.31. The molecule has 4 rings (SSSR count). The van der Waals surface area contributed by atoms with Crippen molar-refractivity contribution in [3.8, 4) is 0 Å². The first-order valence-electron chi connectivity index (χ1n) is 10.7. The van der Waals surface area contributed by atoms with Crippen molar-refractivity contribution in [1.29, 1.82) is 0 Å². The number of hydrogen-bond donors (Lipinski definition) is 2. The van der Waals surface area contributed by atoms with Crippen molar-refractivity contribution in [3.63, 3.8) is 0 Å². The van der Waals surface area contributed by atoms with Gasteiger partial charge in [0.05, 0.1) is 28.3 Å². The van der Waals surface area contributed by atoms with Crippen LogP contribution < -0.4 is 9.47 Å². The van der Waals surface area contributed by atoms with E-state index in [2.05, 4.69) is 4.57 Å². The number of rotatable bonds is 10. The summed E-state index contributed by atoms with van der Waals surface area (Å²) in [6.07, 6.45) is 3.07. The number of hydrogen-bond acceptors (Lipinski definition) is 8. The Morgan fingerprint density at radius 3 is 2.51 bits per heavy atom. The number of thioether (sulfide) groups is 1. The monoisotopic (exact) mass is 579 g/mol. The summed E-state index contributed by atoms with van der Waals surface area (Å²) >= 11 is 9.22. The molecule has 3 heterocycles. The summed E-state index contributed by atoms with van der Waals surface area (Å²) in [6, 6.07) is 7.49. The zero-order valence-corrected chi connectivity index (χ0v) is 22.7. The van der Waals surface area contributed by atoms with Gasteiger partial charge in [0.1, 0.15) is 10.5 Å². The number of furan rings is 1. The highest BCUT2D eigenvalue weighted by Crippen LogP contribution is 2.48. The molecule has 0 amide bonds. The van der Waals surface area contributed by atoms with Crippen LogP contribution in [0.3, 0.4) is 0 Å². The Balaban J connectivity index is 1.66. The first-order chi connectivity index (χ1) is 16.4. The minimum absolute atomic E-state index is 0.234. The Bertz CT molecular complexity index is 1490. The topological polar surface area (TPSA) is 129 Å². The average Bonchev–Trinajstić information content (AvgIpc) is 3.35. The minimum atomic E-state index is -4.07. The van der Waals surface area contributed by atoms with Crippen molar-refractivity contribution in [1.82, 2.24) is 0 Å². The van der Waals surface area contributed by atoms with Gasteiger partial charge in [0, 0.05) is 30.1 Å². The van der Waals surface area contributed by atoms with Crippen molar-refractivity contribution in [2.24, 2.45) is 0 Å². The summed E-state index contributed by atoms with van der Waals surface area (Å²) in [7, 11) is -8.09. The van der Waals surface area contributed by atoms with Gasteiger partial charge in [0.2, 0.25) is 5.52 Å². The van der Waals surface area contributed by atoms with Crippen molar-refractivity contribution >= 4 is 76.9 Å². The molecular weight excluding hydrogens is 556 g/mol. The Morgan fingerprint density at radius 1 is 1.09 bits per heavy atom. The zero-order valence-electron chi connectivity index (χ0n) is 18.7. The number of aryl methyl sites for hydroxylation is 2. The Kier molecular flexibility index (Phi) is 7.86. The van der Waals surface area contributed by atoms with E-state index in [1.165, 1.54) is 11.8 Å². The van der Waals surface area contributed by atoms with Gasteiger partial charge in [-0.05, 0) is 43.7 Å². The summed E-state index contributed by atoms with van der Waals surface area (Å²) in [5, 5.41) is 3.04. The van der Waals surface area contributed by atoms with Crippen LogP contribution in [0.1, 0.15) is 30.0 Å². The van der Waals surface area contributed by atoms with E-state index in [1.54, 1.807) is 11.3 Å². The number of nitrogens with zero attached hydrogens (tertiary/aromatic N) is 2. The lowest BCUT2D eigenvalue weighted by atomic mass is 10.3. The second-order valence-corrected chi connectivity index (χ2v) is 13.7. The van der Waals surface area contributed by atoms with E-state index in [9.17, 15) is 16.8 Å². The molecule has 0 unspecified atom stereocenters. The van der Waals surface area contributed by atoms with Crippen molar-refractivity contribution in [2.45, 2.75) is 37.8 Å². The molecule has 0 bridgehead atoms. The highest BCUT2D eigenvalue weighted by molar-refractivity contribution is 8.03. The van der Waals surface area contributed by atoms with Crippen molar-refractivity contribution < 1.29 is 34.9 Å². The van der Waals surface area contributed by atoms with E-state index in [4.69, 9.17) is 25.1 Å². The van der Waals surface area contributed by atoms with Crippen LogP contribution in [0.5, 0.6) is 0 Å². The zero-order chi connectivity index (χ0) is 25.4. The van der Waals surface area contributed by atoms with Crippen LogP contribution in [0.4, 0.5) is 5.69 Å². The third kappa shape index (κ3) is 6.79. The van der Waals surface area contributed by atoms with Gasteiger partial charge in [0.25, 0.3) is 25.2 Å². The quantitative estimate of drug-likeness (QED) is 0.201. The van der Waals surface area contributed by atoms with E-state index >= 15 is 0 Å². The molecule has 1 aliphatic rings. The minimum Gasteiger partial charge on any atom is -0.452 e. The normalized spacial score (nSPS) is 15.4. The Morgan fingerprint density at radius 2 is 1.80 bits per heavy atom. The van der Waals surface area contributed by atoms with E-state index < -0.39 is 20.2 Å². The lowest BCUT2D eigenvalue weighted by molar-refractivity contribution is -0.669. The number of thiazole rings is 1. The molecule has 1 aromatic carbocycles. The van der Waals surface area contributed by atoms with Gasteiger partial charge in [-0.25, -0.2) is 0 Å². The molecule has 190 valence electrons. The van der Waals surface area contributed by atoms with Gasteiger partial charge in [-0.1, -0.05) is 22.9 Å². The Labute approximate surface area is 216 Å². The molecule has 35 heavy (non-hydrogen) atoms. The predicted octanol–water partition coefficient (Wildman–Crippen LogP) is 4.60. The smallest absolute Gasteiger partial charge is 0.265 e. The summed E-state index contributed by atoms with van der Waals surface area (Å²) in [5.41, 5.74) is 1.76. The molecule has 0 saturated heterocycles. The molecule has 0 saturated carbocycles. The second kappa shape index (κ2) is 10.4. The maximum atomic E-state index is 11.2. The molecule has 14 heteroatoms. The molecule has 9 nitrogen and oxygen atoms in total. The largest absolute Gasteiger partial charge is 0.452 e. The SMILES string of the molecule is Cc1cc2c(o1)SC(=Cc1sc3ccc(Cl)cc3[n+]1CCCCS(=O)(=O)O)N2CCCS(=O)(=O)O. The Hall–Kier alpha value is -1.61. The third-order valence-corrected chi connectivity index (χ3v) is 9.30. The van der Waals surface area contributed by atoms with Crippen molar-refractivity contribution in [2.75, 3.05) is 23.0 Å². The molecule has 0 radical (unpaired) electrons. The fourth-order valence-electron chi connectivity index (χ4n) is 3.82. The van der Waals surface area contributed by atoms with Crippen LogP contribution >= 0.6 is 34.7 Å². The number of fused-ring (bicyclic) bond motifs is 2. The molecular formula is C21H24ClN2O7S4+. The molecule has 0 aliphatic carbocycles. The van der Waals surface area contributed by atoms with Crippen LogP contribution in [0.15, 0.2) is 38.8 Å². The summed E-state index contributed by atoms with van der Waals surface area (Å²) in [4.78, 5) is 1.97. The van der Waals surface area contributed by atoms with Crippen LogP contribution in [-0.2, 0) is 26.8 Å². The molecule has 3 aromatic rings. The van der Waals surface area contributed by atoms with Crippen LogP contribution in [0.25, 0.3) is 16.3 Å². The van der Waals surface area contributed by atoms with Gasteiger partial charge < -0.3 is 9.32 Å². The standard InChI is InChI=1S/C21H23ClN2O7S4/c1-14-11-17-21(31-14)33-20(24(17)8-4-10-35(28,29)30)13-19-23(7-2-3-9-34(25,26)27)16-12-15(22)5-6-18(16)32-19/h5-6,11-13H,2-4,7-10H2,1H3,(H-,25,26,27,28,29,30)/p+1. The predicted molar refractivity (Wildman–Crippen MR) is 138 cm³/mol. The maximum Gasteiger partial charge on any atom is 0.265 e. The highest BCUT2D eigenvalue weighted by atomic mass is 35.5. The molecule has 0 spiro atoms. The van der Waals surface area contributed by atoms with Crippen LogP contribution in [0.2, 0.25) is 5.02 Å². The van der Waals surface area contributed by atoms with E-state index in [1.807, 2.05) is 42.2 Å². The number of anilines is 1. The third-order valence-electron chi connectivity index (χ3n) is 5.31. The van der Waals surface area contributed by atoms with Gasteiger partial charge in [-0.2, -0.15) is 21.4 Å². The fourth-order valence-corrected chi connectivity index (χ4v) is 7.34. The number of benzene rings is 1. The average molecular weight is 580 g/mol. The lowest BCUT2D eigenvalue weighted by Crippen LogP contribution is -2.35. The van der Waals surface area contributed by atoms with Crippen molar-refractivity contribution in [3.05, 3.63) is 45.1 Å². The first kappa shape index (κ1) is 26.5. The number of unbranched alkanes of at least 4 members (excludes halogenated alkanes) is 1. The molecule has 0 fully saturated rings.